The van der Waals surface area contributed by atoms with Gasteiger partial charge in [0.25, 0.3) is 0 Å². The number of para-hydroxylation sites is 1. The first kappa shape index (κ1) is 36.8. The molecule has 0 spiro atoms. The Morgan fingerprint density at radius 3 is 2.37 bits per heavy atom. The Balaban J connectivity index is 1.50. The van der Waals surface area contributed by atoms with E-state index in [1.165, 1.54) is 12.1 Å². The molecule has 0 saturated heterocycles. The van der Waals surface area contributed by atoms with Crippen LogP contribution in [0.2, 0.25) is 0 Å². The fourth-order valence-corrected chi connectivity index (χ4v) is 5.91. The van der Waals surface area contributed by atoms with E-state index in [1.54, 1.807) is 29.2 Å². The van der Waals surface area contributed by atoms with Gasteiger partial charge < -0.3 is 25.0 Å². The monoisotopic (exact) mass is 667 g/mol. The van der Waals surface area contributed by atoms with Gasteiger partial charge in [-0.3, -0.25) is 14.4 Å². The number of H-pyrrole nitrogens is 1. The summed E-state index contributed by atoms with van der Waals surface area (Å²) in [5.41, 5.74) is 3.62. The number of amides is 2. The fourth-order valence-electron chi connectivity index (χ4n) is 5.91. The highest BCUT2D eigenvalue weighted by molar-refractivity contribution is 5.86. The molecule has 49 heavy (non-hydrogen) atoms. The maximum absolute atomic E-state index is 13.8. The number of hydrogen-bond donors (Lipinski definition) is 3. The number of hydrogen-bond acceptors (Lipinski definition) is 5. The lowest BCUT2D eigenvalue weighted by Crippen LogP contribution is -2.45. The van der Waals surface area contributed by atoms with Crippen LogP contribution in [-0.2, 0) is 38.5 Å². The number of nitrogens with one attached hydrogen (secondary N) is 2. The van der Waals surface area contributed by atoms with Crippen LogP contribution in [0.5, 0.6) is 0 Å². The molecule has 0 bridgehead atoms. The minimum Gasteiger partial charge on any atom is -0.463 e. The standard InChI is InChI=1S/C40H46FN3O5/c1-3-5-14-32(23-29-17-19-34(41)20-18-29)40(48)49-28-35(24-33-26-42-37-16-10-9-15-36(33)37)43-39(47)31(11-4-2)25-38(46)44(21-22-45)27-30-12-7-6-8-13-30/h3-4,6-10,12-13,15-20,26,31-32,35,42,45H,1-2,5,11,14,21-25,27-28H2,(H,43,47)/t31-,32-,35+/m0/s1. The van der Waals surface area contributed by atoms with Gasteiger partial charge in [0.15, 0.2) is 0 Å². The number of benzene rings is 3. The molecule has 258 valence electrons. The van der Waals surface area contributed by atoms with Crippen molar-refractivity contribution in [2.24, 2.45) is 11.8 Å². The molecule has 1 aromatic heterocycles. The van der Waals surface area contributed by atoms with Crippen molar-refractivity contribution in [3.63, 3.8) is 0 Å². The van der Waals surface area contributed by atoms with Gasteiger partial charge in [0.1, 0.15) is 12.4 Å². The van der Waals surface area contributed by atoms with E-state index in [4.69, 9.17) is 4.74 Å². The second-order valence-corrected chi connectivity index (χ2v) is 12.2. The maximum atomic E-state index is 13.8. The van der Waals surface area contributed by atoms with Gasteiger partial charge >= 0.3 is 5.97 Å². The molecule has 2 amide bonds. The number of esters is 1. The van der Waals surface area contributed by atoms with E-state index >= 15 is 0 Å². The van der Waals surface area contributed by atoms with Gasteiger partial charge in [0.2, 0.25) is 11.8 Å². The van der Waals surface area contributed by atoms with E-state index in [-0.39, 0.29) is 50.2 Å². The normalized spacial score (nSPS) is 12.9. The summed E-state index contributed by atoms with van der Waals surface area (Å²) in [4.78, 5) is 45.6. The SMILES string of the molecule is C=CCC[C@@H](Cc1ccc(F)cc1)C(=O)OC[C@@H](Cc1c[nH]c2ccccc12)NC(=O)[C@@H](CC=C)CC(=O)N(CCO)Cc1ccccc1. The number of nitrogens with zero attached hydrogens (tertiary/aromatic N) is 1. The van der Waals surface area contributed by atoms with Crippen molar-refractivity contribution < 1.29 is 28.6 Å². The van der Waals surface area contributed by atoms with Crippen LogP contribution in [0, 0.1) is 17.7 Å². The highest BCUT2D eigenvalue weighted by Gasteiger charge is 2.28. The summed E-state index contributed by atoms with van der Waals surface area (Å²) in [6, 6.07) is 22.8. The molecule has 4 rings (SSSR count). The van der Waals surface area contributed by atoms with Crippen molar-refractivity contribution in [2.75, 3.05) is 19.8 Å². The number of carbonyl (C=O) groups excluding carboxylic acids is 3. The molecule has 3 N–H and O–H groups in total. The molecular weight excluding hydrogens is 621 g/mol. The summed E-state index contributed by atoms with van der Waals surface area (Å²) in [5.74, 6) is -2.58. The van der Waals surface area contributed by atoms with Gasteiger partial charge in [-0.25, -0.2) is 4.39 Å². The summed E-state index contributed by atoms with van der Waals surface area (Å²) in [6.45, 7) is 7.75. The molecule has 0 radical (unpaired) electrons. The molecule has 1 heterocycles. The van der Waals surface area contributed by atoms with Crippen LogP contribution < -0.4 is 5.32 Å². The fraction of sp³-hybridized carbons (Fsp3) is 0.325. The first-order chi connectivity index (χ1) is 23.8. The van der Waals surface area contributed by atoms with E-state index in [0.29, 0.717) is 32.2 Å². The number of rotatable bonds is 20. The number of aliphatic hydroxyl groups is 1. The zero-order chi connectivity index (χ0) is 35.0. The van der Waals surface area contributed by atoms with Crippen molar-refractivity contribution in [1.82, 2.24) is 15.2 Å². The molecule has 4 aromatic rings. The molecule has 9 heteroatoms. The van der Waals surface area contributed by atoms with Gasteiger partial charge in [-0.2, -0.15) is 0 Å². The molecule has 0 fully saturated rings. The van der Waals surface area contributed by atoms with Crippen LogP contribution in [0.25, 0.3) is 10.9 Å². The highest BCUT2D eigenvalue weighted by Crippen LogP contribution is 2.22. The second kappa shape index (κ2) is 19.1. The molecule has 0 aliphatic carbocycles. The van der Waals surface area contributed by atoms with E-state index < -0.39 is 23.8 Å². The van der Waals surface area contributed by atoms with Gasteiger partial charge in [-0.15, -0.1) is 13.2 Å². The molecular formula is C40H46FN3O5. The third-order valence-electron chi connectivity index (χ3n) is 8.54. The highest BCUT2D eigenvalue weighted by atomic mass is 19.1. The number of aromatic amines is 1. The Hall–Kier alpha value is -5.02. The van der Waals surface area contributed by atoms with E-state index in [0.717, 1.165) is 27.6 Å². The van der Waals surface area contributed by atoms with E-state index in [1.807, 2.05) is 60.8 Å². The van der Waals surface area contributed by atoms with Gasteiger partial charge in [0.05, 0.1) is 24.5 Å². The number of allylic oxidation sites excluding steroid dienone is 2. The third kappa shape index (κ3) is 11.3. The number of halogens is 1. The molecule has 0 unspecified atom stereocenters. The lowest BCUT2D eigenvalue weighted by molar-refractivity contribution is -0.150. The largest absolute Gasteiger partial charge is 0.463 e. The van der Waals surface area contributed by atoms with Crippen molar-refractivity contribution in [3.8, 4) is 0 Å². The second-order valence-electron chi connectivity index (χ2n) is 12.2. The van der Waals surface area contributed by atoms with Gasteiger partial charge in [-0.1, -0.05) is 72.8 Å². The number of aromatic nitrogens is 1. The average Bonchev–Trinajstić information content (AvgIpc) is 3.52. The van der Waals surface area contributed by atoms with Crippen molar-refractivity contribution in [1.29, 1.82) is 0 Å². The number of fused-ring (bicyclic) bond motifs is 1. The smallest absolute Gasteiger partial charge is 0.309 e. The van der Waals surface area contributed by atoms with Crippen LogP contribution in [0.4, 0.5) is 4.39 Å². The van der Waals surface area contributed by atoms with Crippen molar-refractivity contribution in [2.45, 2.75) is 51.1 Å². The van der Waals surface area contributed by atoms with E-state index in [9.17, 15) is 23.9 Å². The van der Waals surface area contributed by atoms with Crippen LogP contribution in [0.3, 0.4) is 0 Å². The summed E-state index contributed by atoms with van der Waals surface area (Å²) in [5, 5.41) is 13.7. The van der Waals surface area contributed by atoms with Crippen LogP contribution >= 0.6 is 0 Å². The Morgan fingerprint density at radius 2 is 1.65 bits per heavy atom. The van der Waals surface area contributed by atoms with Crippen LogP contribution in [0.1, 0.15) is 42.4 Å². The summed E-state index contributed by atoms with van der Waals surface area (Å²) >= 11 is 0. The maximum Gasteiger partial charge on any atom is 0.309 e. The topological polar surface area (TPSA) is 112 Å². The molecule has 0 aliphatic rings. The van der Waals surface area contributed by atoms with Gasteiger partial charge in [-0.05, 0) is 67.0 Å². The number of aliphatic hydroxyl groups excluding tert-OH is 1. The summed E-state index contributed by atoms with van der Waals surface area (Å²) in [6.07, 6.45) is 7.28. The minimum absolute atomic E-state index is 0.0778. The Bertz CT molecular complexity index is 1670. The van der Waals surface area contributed by atoms with Crippen molar-refractivity contribution >= 4 is 28.7 Å². The van der Waals surface area contributed by atoms with Gasteiger partial charge in [0, 0.05) is 36.6 Å². The lowest BCUT2D eigenvalue weighted by Gasteiger charge is -2.26. The van der Waals surface area contributed by atoms with Crippen LogP contribution in [-0.4, -0.2) is 58.6 Å². The Kier molecular flexibility index (Phi) is 14.3. The lowest BCUT2D eigenvalue weighted by atomic mass is 9.94. The van der Waals surface area contributed by atoms with Crippen molar-refractivity contribution in [3.05, 3.63) is 133 Å². The number of carbonyl (C=O) groups is 3. The quantitative estimate of drug-likeness (QED) is 0.0756. The molecule has 0 aliphatic heterocycles. The summed E-state index contributed by atoms with van der Waals surface area (Å²) < 4.78 is 19.4. The first-order valence-corrected chi connectivity index (χ1v) is 16.7. The molecule has 8 nitrogen and oxygen atoms in total. The first-order valence-electron chi connectivity index (χ1n) is 16.7. The minimum atomic E-state index is -0.720. The predicted octanol–water partition coefficient (Wildman–Crippen LogP) is 6.31. The van der Waals surface area contributed by atoms with Crippen LogP contribution in [0.15, 0.2) is 110 Å². The number of ether oxygens (including phenoxy) is 1. The van der Waals surface area contributed by atoms with E-state index in [2.05, 4.69) is 23.5 Å². The predicted molar refractivity (Wildman–Crippen MR) is 190 cm³/mol. The third-order valence-corrected chi connectivity index (χ3v) is 8.54. The molecule has 0 saturated carbocycles. The Labute approximate surface area is 287 Å². The average molecular weight is 668 g/mol. The zero-order valence-electron chi connectivity index (χ0n) is 27.9. The molecule has 3 atom stereocenters. The Morgan fingerprint density at radius 1 is 0.918 bits per heavy atom. The molecule has 3 aromatic carbocycles. The zero-order valence-corrected chi connectivity index (χ0v) is 27.9. The summed E-state index contributed by atoms with van der Waals surface area (Å²) in [7, 11) is 0.